The van der Waals surface area contributed by atoms with Crippen LogP contribution in [0.3, 0.4) is 0 Å². The van der Waals surface area contributed by atoms with E-state index in [4.69, 9.17) is 21.1 Å². The van der Waals surface area contributed by atoms with Crippen molar-refractivity contribution in [2.45, 2.75) is 13.1 Å². The molecule has 2 aromatic carbocycles. The highest BCUT2D eigenvalue weighted by molar-refractivity contribution is 6.32. The van der Waals surface area contributed by atoms with Gasteiger partial charge in [0.05, 0.1) is 19.2 Å². The molecule has 21 heavy (non-hydrogen) atoms. The number of nitrogens with one attached hydrogen (secondary N) is 1. The molecule has 0 unspecified atom stereocenters. The number of hydrogen-bond donors (Lipinski definition) is 2. The quantitative estimate of drug-likeness (QED) is 0.859. The van der Waals surface area contributed by atoms with Gasteiger partial charge in [0.1, 0.15) is 5.75 Å². The number of phenolic OH excluding ortho intramolecular Hbond substituents is 1. The lowest BCUT2D eigenvalue weighted by Crippen LogP contribution is -2.12. The Balaban J connectivity index is 1.95. The lowest BCUT2D eigenvalue weighted by atomic mass is 10.2. The molecule has 5 heteroatoms. The summed E-state index contributed by atoms with van der Waals surface area (Å²) in [5.74, 6) is 1.52. The molecular weight excluding hydrogens is 290 g/mol. The third-order valence-electron chi connectivity index (χ3n) is 3.12. The second-order valence-corrected chi connectivity index (χ2v) is 4.99. The number of aromatic hydroxyl groups is 1. The topological polar surface area (TPSA) is 50.7 Å². The molecule has 0 amide bonds. The molecule has 0 aromatic heterocycles. The Kier molecular flexibility index (Phi) is 5.31. The molecule has 4 nitrogen and oxygen atoms in total. The van der Waals surface area contributed by atoms with E-state index in [2.05, 4.69) is 5.32 Å². The second-order valence-electron chi connectivity index (χ2n) is 4.58. The summed E-state index contributed by atoms with van der Waals surface area (Å²) in [6.45, 7) is 1.35. The van der Waals surface area contributed by atoms with E-state index in [-0.39, 0.29) is 5.75 Å². The molecule has 0 aliphatic rings. The zero-order valence-corrected chi connectivity index (χ0v) is 12.8. The molecule has 0 saturated heterocycles. The highest BCUT2D eigenvalue weighted by atomic mass is 35.5. The van der Waals surface area contributed by atoms with Crippen molar-refractivity contribution in [2.75, 3.05) is 14.2 Å². The smallest absolute Gasteiger partial charge is 0.161 e. The van der Waals surface area contributed by atoms with Crippen LogP contribution >= 0.6 is 11.6 Å². The fourth-order valence-corrected chi connectivity index (χ4v) is 2.21. The van der Waals surface area contributed by atoms with E-state index in [9.17, 15) is 5.11 Å². The summed E-state index contributed by atoms with van der Waals surface area (Å²) in [6, 6.07) is 11.0. The van der Waals surface area contributed by atoms with Gasteiger partial charge in [-0.15, -0.1) is 0 Å². The Hall–Kier alpha value is -1.91. The first-order chi connectivity index (χ1) is 10.1. The maximum atomic E-state index is 9.38. The van der Waals surface area contributed by atoms with Crippen molar-refractivity contribution in [2.24, 2.45) is 0 Å². The average molecular weight is 308 g/mol. The van der Waals surface area contributed by atoms with Gasteiger partial charge in [0, 0.05) is 13.1 Å². The van der Waals surface area contributed by atoms with Gasteiger partial charge in [0.25, 0.3) is 0 Å². The van der Waals surface area contributed by atoms with Gasteiger partial charge < -0.3 is 19.9 Å². The van der Waals surface area contributed by atoms with E-state index < -0.39 is 0 Å². The minimum absolute atomic E-state index is 0.0975. The Bertz CT molecular complexity index is 616. The van der Waals surface area contributed by atoms with Gasteiger partial charge in [-0.2, -0.15) is 0 Å². The fraction of sp³-hybridized carbons (Fsp3) is 0.250. The summed E-state index contributed by atoms with van der Waals surface area (Å²) < 4.78 is 10.5. The maximum Gasteiger partial charge on any atom is 0.161 e. The molecular formula is C16H18ClNO3. The monoisotopic (exact) mass is 307 g/mol. The van der Waals surface area contributed by atoms with E-state index >= 15 is 0 Å². The fourth-order valence-electron chi connectivity index (χ4n) is 2.00. The molecule has 2 N–H and O–H groups in total. The van der Waals surface area contributed by atoms with Crippen molar-refractivity contribution in [3.63, 3.8) is 0 Å². The summed E-state index contributed by atoms with van der Waals surface area (Å²) in [6.07, 6.45) is 0. The van der Waals surface area contributed by atoms with Gasteiger partial charge in [-0.25, -0.2) is 0 Å². The molecule has 0 aliphatic heterocycles. The van der Waals surface area contributed by atoms with Gasteiger partial charge in [-0.3, -0.25) is 0 Å². The molecule has 0 radical (unpaired) electrons. The van der Waals surface area contributed by atoms with E-state index in [1.807, 2.05) is 24.3 Å². The van der Waals surface area contributed by atoms with Crippen LogP contribution in [-0.4, -0.2) is 19.3 Å². The molecule has 0 atom stereocenters. The number of phenols is 1. The highest BCUT2D eigenvalue weighted by Gasteiger charge is 2.05. The Labute approximate surface area is 129 Å². The Morgan fingerprint density at radius 3 is 2.19 bits per heavy atom. The van der Waals surface area contributed by atoms with E-state index in [0.29, 0.717) is 29.6 Å². The normalized spacial score (nSPS) is 10.4. The number of benzene rings is 2. The number of hydrogen-bond acceptors (Lipinski definition) is 4. The van der Waals surface area contributed by atoms with E-state index in [1.165, 1.54) is 0 Å². The highest BCUT2D eigenvalue weighted by Crippen LogP contribution is 2.27. The SMILES string of the molecule is COc1ccc(CNCc2ccc(O)c(Cl)c2)cc1OC. The van der Waals surface area contributed by atoms with Crippen molar-refractivity contribution in [3.05, 3.63) is 52.5 Å². The summed E-state index contributed by atoms with van der Waals surface area (Å²) in [5.41, 5.74) is 2.11. The summed E-state index contributed by atoms with van der Waals surface area (Å²) >= 11 is 5.87. The number of halogens is 1. The van der Waals surface area contributed by atoms with E-state index in [1.54, 1.807) is 26.4 Å². The van der Waals surface area contributed by atoms with Crippen LogP contribution in [0.2, 0.25) is 5.02 Å². The number of rotatable bonds is 6. The van der Waals surface area contributed by atoms with Crippen molar-refractivity contribution < 1.29 is 14.6 Å². The first kappa shape index (κ1) is 15.5. The third kappa shape index (κ3) is 4.03. The molecule has 2 aromatic rings. The van der Waals surface area contributed by atoms with Crippen LogP contribution in [-0.2, 0) is 13.1 Å². The standard InChI is InChI=1S/C16H18ClNO3/c1-20-15-6-4-12(8-16(15)21-2)10-18-9-11-3-5-14(19)13(17)7-11/h3-8,18-19H,9-10H2,1-2H3. The van der Waals surface area contributed by atoms with Crippen molar-refractivity contribution >= 4 is 11.6 Å². The average Bonchev–Trinajstić information content (AvgIpc) is 2.50. The molecule has 112 valence electrons. The van der Waals surface area contributed by atoms with Gasteiger partial charge in [0.15, 0.2) is 11.5 Å². The van der Waals surface area contributed by atoms with Crippen LogP contribution in [0.4, 0.5) is 0 Å². The summed E-state index contributed by atoms with van der Waals surface area (Å²) in [4.78, 5) is 0. The van der Waals surface area contributed by atoms with Gasteiger partial charge in [-0.05, 0) is 35.4 Å². The minimum atomic E-state index is 0.0975. The van der Waals surface area contributed by atoms with Crippen molar-refractivity contribution in [1.29, 1.82) is 0 Å². The molecule has 0 spiro atoms. The van der Waals surface area contributed by atoms with Gasteiger partial charge in [0.2, 0.25) is 0 Å². The summed E-state index contributed by atoms with van der Waals surface area (Å²) in [5, 5.41) is 13.1. The molecule has 0 heterocycles. The first-order valence-electron chi connectivity index (χ1n) is 6.53. The lowest BCUT2D eigenvalue weighted by Gasteiger charge is -2.10. The van der Waals surface area contributed by atoms with E-state index in [0.717, 1.165) is 11.1 Å². The number of ether oxygens (including phenoxy) is 2. The second kappa shape index (κ2) is 7.20. The van der Waals surface area contributed by atoms with Gasteiger partial charge in [-0.1, -0.05) is 23.7 Å². The summed E-state index contributed by atoms with van der Waals surface area (Å²) in [7, 11) is 3.23. The molecule has 2 rings (SSSR count). The van der Waals surface area contributed by atoms with Crippen LogP contribution in [0.15, 0.2) is 36.4 Å². The predicted molar refractivity (Wildman–Crippen MR) is 83.2 cm³/mol. The Morgan fingerprint density at radius 2 is 1.57 bits per heavy atom. The molecule has 0 saturated carbocycles. The zero-order chi connectivity index (χ0) is 15.2. The Morgan fingerprint density at radius 1 is 0.952 bits per heavy atom. The van der Waals surface area contributed by atoms with Crippen LogP contribution in [0, 0.1) is 0 Å². The molecule has 0 bridgehead atoms. The molecule has 0 fully saturated rings. The van der Waals surface area contributed by atoms with Crippen molar-refractivity contribution in [3.8, 4) is 17.2 Å². The predicted octanol–water partition coefficient (Wildman–Crippen LogP) is 3.35. The largest absolute Gasteiger partial charge is 0.506 e. The van der Waals surface area contributed by atoms with Crippen LogP contribution in [0.5, 0.6) is 17.2 Å². The third-order valence-corrected chi connectivity index (χ3v) is 3.42. The minimum Gasteiger partial charge on any atom is -0.506 e. The van der Waals surface area contributed by atoms with Crippen LogP contribution < -0.4 is 14.8 Å². The van der Waals surface area contributed by atoms with Gasteiger partial charge >= 0.3 is 0 Å². The van der Waals surface area contributed by atoms with Crippen LogP contribution in [0.25, 0.3) is 0 Å². The van der Waals surface area contributed by atoms with Crippen LogP contribution in [0.1, 0.15) is 11.1 Å². The maximum absolute atomic E-state index is 9.38. The molecule has 0 aliphatic carbocycles. The lowest BCUT2D eigenvalue weighted by molar-refractivity contribution is 0.354. The van der Waals surface area contributed by atoms with Crippen molar-refractivity contribution in [1.82, 2.24) is 5.32 Å². The number of methoxy groups -OCH3 is 2. The zero-order valence-electron chi connectivity index (χ0n) is 12.0. The first-order valence-corrected chi connectivity index (χ1v) is 6.91.